The number of rotatable bonds is 0. The Balaban J connectivity index is 3.06. The third-order valence-corrected chi connectivity index (χ3v) is 3.30. The lowest BCUT2D eigenvalue weighted by atomic mass is 10.6. The summed E-state index contributed by atoms with van der Waals surface area (Å²) < 4.78 is -1.05. The molecule has 0 aromatic rings. The molecule has 0 aromatic heterocycles. The quantitative estimate of drug-likeness (QED) is 0.378. The van der Waals surface area contributed by atoms with Crippen LogP contribution in [0.5, 0.6) is 0 Å². The van der Waals surface area contributed by atoms with E-state index in [1.165, 1.54) is 19.0 Å². The van der Waals surface area contributed by atoms with Gasteiger partial charge in [0, 0.05) is 14.1 Å². The van der Waals surface area contributed by atoms with E-state index >= 15 is 0 Å². The Bertz CT molecular complexity index is 229. The van der Waals surface area contributed by atoms with Gasteiger partial charge in [-0.1, -0.05) is 0 Å². The Morgan fingerprint density at radius 3 is 1.82 bits per heavy atom. The molecule has 1 saturated heterocycles. The summed E-state index contributed by atoms with van der Waals surface area (Å²) >= 11 is 6.17. The average molecular weight is 286 g/mol. The van der Waals surface area contributed by atoms with Crippen molar-refractivity contribution in [3.05, 3.63) is 0 Å². The smallest absolute Gasteiger partial charge is 0.295 e. The molecule has 0 unspecified atom stereocenters. The molecule has 4 nitrogen and oxygen atoms in total. The number of imide groups is 1. The number of nitrogens with zero attached hydrogens (tertiary/aromatic N) is 2. The van der Waals surface area contributed by atoms with Crippen LogP contribution in [0, 0.1) is 0 Å². The minimum absolute atomic E-state index is 0.315. The number of carbonyl (C=O) groups excluding carboxylic acids is 2. The van der Waals surface area contributed by atoms with Gasteiger partial charge in [0.1, 0.15) is 0 Å². The summed E-state index contributed by atoms with van der Waals surface area (Å²) in [5, 5.41) is 0. The number of hydrogen-bond acceptors (Lipinski definition) is 2. The number of carbonyl (C=O) groups is 2. The summed E-state index contributed by atoms with van der Waals surface area (Å²) in [6, 6.07) is -0.330. The van der Waals surface area contributed by atoms with Crippen molar-refractivity contribution in [1.29, 1.82) is 0 Å². The molecular formula is C5H6Br2N2O2. The largest absolute Gasteiger partial charge is 0.328 e. The lowest BCUT2D eigenvalue weighted by molar-refractivity contribution is -0.125. The van der Waals surface area contributed by atoms with Crippen molar-refractivity contribution in [2.24, 2.45) is 0 Å². The molecule has 62 valence electrons. The number of urea groups is 1. The van der Waals surface area contributed by atoms with Gasteiger partial charge < -0.3 is 0 Å². The highest BCUT2D eigenvalue weighted by molar-refractivity contribution is 9.25. The molecule has 6 heteroatoms. The monoisotopic (exact) mass is 284 g/mol. The van der Waals surface area contributed by atoms with Crippen LogP contribution in [0.4, 0.5) is 4.79 Å². The summed E-state index contributed by atoms with van der Waals surface area (Å²) in [5.41, 5.74) is 0. The predicted octanol–water partition coefficient (Wildman–Crippen LogP) is 0.954. The molecule has 1 rings (SSSR count). The molecule has 0 atom stereocenters. The van der Waals surface area contributed by atoms with Crippen molar-refractivity contribution in [3.8, 4) is 0 Å². The van der Waals surface area contributed by atoms with Crippen molar-refractivity contribution in [3.63, 3.8) is 0 Å². The molecule has 0 bridgehead atoms. The highest BCUT2D eigenvalue weighted by Crippen LogP contribution is 2.36. The van der Waals surface area contributed by atoms with Crippen LogP contribution >= 0.6 is 31.9 Å². The van der Waals surface area contributed by atoms with Crippen LogP contribution < -0.4 is 0 Å². The van der Waals surface area contributed by atoms with Gasteiger partial charge in [-0.25, -0.2) is 4.79 Å². The molecule has 0 spiro atoms. The molecule has 1 heterocycles. The van der Waals surface area contributed by atoms with E-state index in [1.54, 1.807) is 0 Å². The molecule has 1 aliphatic heterocycles. The molecule has 0 aromatic carbocycles. The van der Waals surface area contributed by atoms with Gasteiger partial charge >= 0.3 is 6.03 Å². The van der Waals surface area contributed by atoms with Crippen LogP contribution in [0.25, 0.3) is 0 Å². The predicted molar refractivity (Wildman–Crippen MR) is 46.5 cm³/mol. The van der Waals surface area contributed by atoms with Crippen molar-refractivity contribution >= 4 is 43.8 Å². The Morgan fingerprint density at radius 2 is 1.73 bits per heavy atom. The van der Waals surface area contributed by atoms with Crippen LogP contribution in [0.15, 0.2) is 0 Å². The molecule has 1 fully saturated rings. The SMILES string of the molecule is CN1C(=O)N(C)C(Br)(Br)C1=O. The standard InChI is InChI=1S/C5H6Br2N2O2/c1-8-3(10)5(6,7)9(2)4(8)11/h1-2H3. The van der Waals surface area contributed by atoms with Crippen molar-refractivity contribution < 1.29 is 9.59 Å². The van der Waals surface area contributed by atoms with E-state index in [0.717, 1.165) is 4.90 Å². The molecule has 0 N–H and O–H groups in total. The Labute approximate surface area is 80.8 Å². The van der Waals surface area contributed by atoms with Gasteiger partial charge in [0.2, 0.25) is 3.36 Å². The van der Waals surface area contributed by atoms with Crippen LogP contribution in [-0.4, -0.2) is 39.2 Å². The Kier molecular flexibility index (Phi) is 2.00. The molecule has 0 saturated carbocycles. The lowest BCUT2D eigenvalue weighted by Crippen LogP contribution is -2.35. The maximum Gasteiger partial charge on any atom is 0.328 e. The van der Waals surface area contributed by atoms with E-state index in [-0.39, 0.29) is 11.9 Å². The van der Waals surface area contributed by atoms with E-state index in [9.17, 15) is 9.59 Å². The minimum atomic E-state index is -1.05. The summed E-state index contributed by atoms with van der Waals surface area (Å²) in [5.74, 6) is -0.315. The van der Waals surface area contributed by atoms with Crippen molar-refractivity contribution in [2.75, 3.05) is 14.1 Å². The van der Waals surface area contributed by atoms with Gasteiger partial charge in [0.15, 0.2) is 0 Å². The van der Waals surface area contributed by atoms with Crippen LogP contribution in [-0.2, 0) is 4.79 Å². The number of hydrogen-bond donors (Lipinski definition) is 0. The second-order valence-corrected chi connectivity index (χ2v) is 5.61. The van der Waals surface area contributed by atoms with Crippen LogP contribution in [0.3, 0.4) is 0 Å². The minimum Gasteiger partial charge on any atom is -0.295 e. The molecule has 3 amide bonds. The van der Waals surface area contributed by atoms with E-state index in [2.05, 4.69) is 31.9 Å². The van der Waals surface area contributed by atoms with Gasteiger partial charge in [-0.15, -0.1) is 0 Å². The number of alkyl halides is 2. The van der Waals surface area contributed by atoms with Crippen molar-refractivity contribution in [1.82, 2.24) is 9.80 Å². The molecule has 0 radical (unpaired) electrons. The lowest BCUT2D eigenvalue weighted by Gasteiger charge is -2.18. The van der Waals surface area contributed by atoms with Gasteiger partial charge in [0.05, 0.1) is 0 Å². The molecule has 11 heavy (non-hydrogen) atoms. The fraction of sp³-hybridized carbons (Fsp3) is 0.600. The summed E-state index contributed by atoms with van der Waals surface area (Å²) in [4.78, 5) is 24.6. The first kappa shape index (κ1) is 8.99. The zero-order chi connectivity index (χ0) is 8.81. The maximum atomic E-state index is 11.2. The second-order valence-electron chi connectivity index (χ2n) is 2.25. The Hall–Kier alpha value is -0.100. The van der Waals surface area contributed by atoms with Gasteiger partial charge in [-0.2, -0.15) is 0 Å². The Morgan fingerprint density at radius 1 is 1.27 bits per heavy atom. The average Bonchev–Trinajstić information content (AvgIpc) is 2.06. The van der Waals surface area contributed by atoms with Gasteiger partial charge in [-0.05, 0) is 31.9 Å². The third-order valence-electron chi connectivity index (χ3n) is 1.56. The van der Waals surface area contributed by atoms with E-state index in [4.69, 9.17) is 0 Å². The molecule has 1 aliphatic rings. The summed E-state index contributed by atoms with van der Waals surface area (Å²) in [6.45, 7) is 0. The summed E-state index contributed by atoms with van der Waals surface area (Å²) in [7, 11) is 2.97. The molecular weight excluding hydrogens is 280 g/mol. The normalized spacial score (nSPS) is 23.3. The zero-order valence-electron chi connectivity index (χ0n) is 5.97. The fourth-order valence-corrected chi connectivity index (χ4v) is 1.61. The van der Waals surface area contributed by atoms with E-state index in [0.29, 0.717) is 0 Å². The van der Waals surface area contributed by atoms with Gasteiger partial charge in [0.25, 0.3) is 5.91 Å². The number of likely N-dealkylation sites (N-methyl/N-ethyl adjacent to an activating group) is 2. The number of amides is 3. The molecule has 0 aliphatic carbocycles. The highest BCUT2D eigenvalue weighted by Gasteiger charge is 2.51. The second kappa shape index (κ2) is 2.45. The first-order valence-corrected chi connectivity index (χ1v) is 4.41. The first-order valence-electron chi connectivity index (χ1n) is 2.83. The van der Waals surface area contributed by atoms with Gasteiger partial charge in [-0.3, -0.25) is 14.6 Å². The summed E-state index contributed by atoms with van der Waals surface area (Å²) in [6.07, 6.45) is 0. The third kappa shape index (κ3) is 1.08. The fourth-order valence-electron chi connectivity index (χ4n) is 0.777. The van der Waals surface area contributed by atoms with E-state index < -0.39 is 3.36 Å². The van der Waals surface area contributed by atoms with Crippen LogP contribution in [0.2, 0.25) is 0 Å². The van der Waals surface area contributed by atoms with E-state index in [1.807, 2.05) is 0 Å². The highest BCUT2D eigenvalue weighted by atomic mass is 79.9. The first-order chi connectivity index (χ1) is 4.89. The maximum absolute atomic E-state index is 11.2. The van der Waals surface area contributed by atoms with Crippen LogP contribution in [0.1, 0.15) is 0 Å². The number of halogens is 2. The topological polar surface area (TPSA) is 40.6 Å². The van der Waals surface area contributed by atoms with Crippen molar-refractivity contribution in [2.45, 2.75) is 3.36 Å². The zero-order valence-corrected chi connectivity index (χ0v) is 9.14.